The standard InChI is InChI=1S/C18H14O3/c1-12-15-8-7-14(11-19)10-17(15)21-18(20)16(12)9-13-5-3-2-4-6-13/h2-8,10-11H,9H2,1H3. The van der Waals surface area contributed by atoms with Gasteiger partial charge in [0.05, 0.1) is 0 Å². The second-order valence-electron chi connectivity index (χ2n) is 5.03. The van der Waals surface area contributed by atoms with Crippen LogP contribution >= 0.6 is 0 Å². The molecule has 0 aliphatic rings. The number of hydrogen-bond acceptors (Lipinski definition) is 3. The van der Waals surface area contributed by atoms with Gasteiger partial charge in [0.1, 0.15) is 11.9 Å². The molecule has 3 heteroatoms. The third-order valence-corrected chi connectivity index (χ3v) is 3.67. The van der Waals surface area contributed by atoms with E-state index in [2.05, 4.69) is 0 Å². The monoisotopic (exact) mass is 278 g/mol. The van der Waals surface area contributed by atoms with E-state index in [4.69, 9.17) is 4.42 Å². The zero-order valence-electron chi connectivity index (χ0n) is 11.6. The van der Waals surface area contributed by atoms with Gasteiger partial charge in [0.25, 0.3) is 0 Å². The first-order valence-electron chi connectivity index (χ1n) is 6.74. The van der Waals surface area contributed by atoms with Crippen molar-refractivity contribution >= 4 is 17.3 Å². The zero-order valence-corrected chi connectivity index (χ0v) is 11.6. The molecule has 0 fully saturated rings. The average molecular weight is 278 g/mol. The maximum Gasteiger partial charge on any atom is 0.340 e. The molecule has 0 saturated carbocycles. The van der Waals surface area contributed by atoms with Crippen LogP contribution < -0.4 is 5.63 Å². The maximum atomic E-state index is 12.2. The normalized spacial score (nSPS) is 10.7. The number of carbonyl (C=O) groups is 1. The van der Waals surface area contributed by atoms with Crippen molar-refractivity contribution in [2.45, 2.75) is 13.3 Å². The Balaban J connectivity index is 2.16. The van der Waals surface area contributed by atoms with Crippen molar-refractivity contribution in [1.82, 2.24) is 0 Å². The van der Waals surface area contributed by atoms with Gasteiger partial charge in [0, 0.05) is 22.9 Å². The van der Waals surface area contributed by atoms with E-state index < -0.39 is 0 Å². The molecule has 0 aliphatic carbocycles. The molecule has 0 amide bonds. The number of benzene rings is 2. The molecule has 0 unspecified atom stereocenters. The Morgan fingerprint density at radius 3 is 2.57 bits per heavy atom. The molecule has 0 bridgehead atoms. The second-order valence-corrected chi connectivity index (χ2v) is 5.03. The van der Waals surface area contributed by atoms with Crippen LogP contribution in [0.3, 0.4) is 0 Å². The maximum absolute atomic E-state index is 12.2. The van der Waals surface area contributed by atoms with E-state index in [-0.39, 0.29) is 5.63 Å². The van der Waals surface area contributed by atoms with E-state index in [0.717, 1.165) is 22.8 Å². The molecule has 1 aromatic heterocycles. The number of fused-ring (bicyclic) bond motifs is 1. The summed E-state index contributed by atoms with van der Waals surface area (Å²) in [5, 5.41) is 0.867. The third kappa shape index (κ3) is 2.50. The lowest BCUT2D eigenvalue weighted by Gasteiger charge is -2.08. The van der Waals surface area contributed by atoms with Gasteiger partial charge in [-0.15, -0.1) is 0 Å². The Morgan fingerprint density at radius 2 is 1.86 bits per heavy atom. The van der Waals surface area contributed by atoms with Crippen LogP contribution in [0.25, 0.3) is 11.0 Å². The van der Waals surface area contributed by atoms with Crippen LogP contribution in [0.1, 0.15) is 27.0 Å². The summed E-state index contributed by atoms with van der Waals surface area (Å²) in [5.41, 5.74) is 3.25. The summed E-state index contributed by atoms with van der Waals surface area (Å²) in [7, 11) is 0. The van der Waals surface area contributed by atoms with Crippen LogP contribution in [0, 0.1) is 6.92 Å². The van der Waals surface area contributed by atoms with Crippen LogP contribution in [-0.4, -0.2) is 6.29 Å². The van der Waals surface area contributed by atoms with Crippen molar-refractivity contribution in [1.29, 1.82) is 0 Å². The quantitative estimate of drug-likeness (QED) is 0.544. The highest BCUT2D eigenvalue weighted by atomic mass is 16.4. The smallest absolute Gasteiger partial charge is 0.340 e. The van der Waals surface area contributed by atoms with E-state index in [1.54, 1.807) is 12.1 Å². The van der Waals surface area contributed by atoms with Crippen LogP contribution in [0.4, 0.5) is 0 Å². The summed E-state index contributed by atoms with van der Waals surface area (Å²) >= 11 is 0. The largest absolute Gasteiger partial charge is 0.422 e. The lowest BCUT2D eigenvalue weighted by atomic mass is 9.99. The number of aryl methyl sites for hydroxylation is 1. The van der Waals surface area contributed by atoms with Crippen LogP contribution in [-0.2, 0) is 6.42 Å². The number of aldehydes is 1. The van der Waals surface area contributed by atoms with Crippen molar-refractivity contribution in [3.8, 4) is 0 Å². The van der Waals surface area contributed by atoms with E-state index in [1.165, 1.54) is 0 Å². The van der Waals surface area contributed by atoms with E-state index in [1.807, 2.05) is 43.3 Å². The van der Waals surface area contributed by atoms with Crippen molar-refractivity contribution in [2.75, 3.05) is 0 Å². The molecule has 21 heavy (non-hydrogen) atoms. The SMILES string of the molecule is Cc1c(Cc2ccccc2)c(=O)oc2cc(C=O)ccc12. The van der Waals surface area contributed by atoms with Gasteiger partial charge < -0.3 is 4.42 Å². The molecule has 0 N–H and O–H groups in total. The Bertz CT molecular complexity index is 861. The average Bonchev–Trinajstić information content (AvgIpc) is 2.52. The first-order chi connectivity index (χ1) is 10.2. The molecule has 0 aliphatic heterocycles. The first-order valence-corrected chi connectivity index (χ1v) is 6.74. The van der Waals surface area contributed by atoms with E-state index in [0.29, 0.717) is 23.1 Å². The minimum absolute atomic E-state index is 0.341. The molecule has 2 aromatic carbocycles. The molecular formula is C18H14O3. The van der Waals surface area contributed by atoms with Gasteiger partial charge in [-0.3, -0.25) is 4.79 Å². The minimum Gasteiger partial charge on any atom is -0.422 e. The molecular weight excluding hydrogens is 264 g/mol. The first kappa shape index (κ1) is 13.3. The van der Waals surface area contributed by atoms with Crippen LogP contribution in [0.2, 0.25) is 0 Å². The van der Waals surface area contributed by atoms with Gasteiger partial charge in [0.15, 0.2) is 0 Å². The third-order valence-electron chi connectivity index (χ3n) is 3.67. The fourth-order valence-electron chi connectivity index (χ4n) is 2.49. The molecule has 0 saturated heterocycles. The van der Waals surface area contributed by atoms with Crippen molar-refractivity contribution in [3.63, 3.8) is 0 Å². The molecule has 3 nitrogen and oxygen atoms in total. The number of hydrogen-bond donors (Lipinski definition) is 0. The summed E-state index contributed by atoms with van der Waals surface area (Å²) < 4.78 is 5.37. The fraction of sp³-hybridized carbons (Fsp3) is 0.111. The molecule has 0 spiro atoms. The molecule has 3 aromatic rings. The summed E-state index contributed by atoms with van der Waals surface area (Å²) in [5.74, 6) is 0. The van der Waals surface area contributed by atoms with Crippen LogP contribution in [0.15, 0.2) is 57.7 Å². The molecule has 3 rings (SSSR count). The number of carbonyl (C=O) groups excluding carboxylic acids is 1. The van der Waals surface area contributed by atoms with Crippen molar-refractivity contribution in [2.24, 2.45) is 0 Å². The molecule has 0 atom stereocenters. The van der Waals surface area contributed by atoms with Gasteiger partial charge in [-0.2, -0.15) is 0 Å². The summed E-state index contributed by atoms with van der Waals surface area (Å²) in [6.45, 7) is 1.91. The van der Waals surface area contributed by atoms with Gasteiger partial charge in [-0.25, -0.2) is 4.79 Å². The van der Waals surface area contributed by atoms with Crippen molar-refractivity contribution in [3.05, 3.63) is 81.2 Å². The fourth-order valence-corrected chi connectivity index (χ4v) is 2.49. The second kappa shape index (κ2) is 5.37. The van der Waals surface area contributed by atoms with Gasteiger partial charge >= 0.3 is 5.63 Å². The Morgan fingerprint density at radius 1 is 1.10 bits per heavy atom. The topological polar surface area (TPSA) is 47.3 Å². The highest BCUT2D eigenvalue weighted by Crippen LogP contribution is 2.21. The van der Waals surface area contributed by atoms with Crippen LogP contribution in [0.5, 0.6) is 0 Å². The predicted molar refractivity (Wildman–Crippen MR) is 81.9 cm³/mol. The lowest BCUT2D eigenvalue weighted by molar-refractivity contribution is 0.112. The molecule has 1 heterocycles. The van der Waals surface area contributed by atoms with Crippen molar-refractivity contribution < 1.29 is 9.21 Å². The molecule has 104 valence electrons. The Labute approximate surface area is 121 Å². The minimum atomic E-state index is -0.341. The highest BCUT2D eigenvalue weighted by Gasteiger charge is 2.12. The summed E-state index contributed by atoms with van der Waals surface area (Å²) in [6, 6.07) is 15.0. The summed E-state index contributed by atoms with van der Waals surface area (Å²) in [4.78, 5) is 23.0. The zero-order chi connectivity index (χ0) is 14.8. The van der Waals surface area contributed by atoms with Gasteiger partial charge in [-0.1, -0.05) is 42.5 Å². The van der Waals surface area contributed by atoms with E-state index in [9.17, 15) is 9.59 Å². The summed E-state index contributed by atoms with van der Waals surface area (Å²) in [6.07, 6.45) is 1.28. The Hall–Kier alpha value is -2.68. The van der Waals surface area contributed by atoms with Gasteiger partial charge in [0.2, 0.25) is 0 Å². The Kier molecular flexibility index (Phi) is 3.40. The predicted octanol–water partition coefficient (Wildman–Crippen LogP) is 3.50. The lowest BCUT2D eigenvalue weighted by Crippen LogP contribution is -2.11. The number of rotatable bonds is 3. The highest BCUT2D eigenvalue weighted by molar-refractivity contribution is 5.87. The molecule has 0 radical (unpaired) electrons. The van der Waals surface area contributed by atoms with E-state index >= 15 is 0 Å². The van der Waals surface area contributed by atoms with Gasteiger partial charge in [-0.05, 0) is 24.1 Å².